The first-order chi connectivity index (χ1) is 14.6. The van der Waals surface area contributed by atoms with E-state index in [2.05, 4.69) is 6.07 Å². The highest BCUT2D eigenvalue weighted by Crippen LogP contribution is 2.16. The van der Waals surface area contributed by atoms with E-state index in [0.717, 1.165) is 35.0 Å². The van der Waals surface area contributed by atoms with Gasteiger partial charge in [0.05, 0.1) is 0 Å². The molecule has 2 N–H and O–H groups in total. The molecule has 0 atom stereocenters. The Morgan fingerprint density at radius 2 is 1.40 bits per heavy atom. The molecule has 0 saturated heterocycles. The van der Waals surface area contributed by atoms with E-state index in [1.54, 1.807) is 41.1 Å². The van der Waals surface area contributed by atoms with Gasteiger partial charge >= 0.3 is 0 Å². The van der Waals surface area contributed by atoms with Crippen molar-refractivity contribution in [1.82, 2.24) is 0 Å². The number of benzene rings is 3. The number of aryl methyl sites for hydroxylation is 2. The van der Waals surface area contributed by atoms with Crippen molar-refractivity contribution in [2.75, 3.05) is 5.84 Å². The smallest absolute Gasteiger partial charge is 0.242 e. The van der Waals surface area contributed by atoms with Crippen LogP contribution in [-0.2, 0) is 12.8 Å². The fourth-order valence-corrected chi connectivity index (χ4v) is 3.74. The van der Waals surface area contributed by atoms with Crippen LogP contribution in [0, 0.1) is 0 Å². The van der Waals surface area contributed by atoms with Crippen LogP contribution in [0.5, 0.6) is 0 Å². The normalized spacial score (nSPS) is 10.8. The zero-order valence-electron chi connectivity index (χ0n) is 16.6. The molecule has 0 radical (unpaired) electrons. The molecule has 148 valence electrons. The summed E-state index contributed by atoms with van der Waals surface area (Å²) in [5.74, 6) is 5.36. The number of pyridine rings is 1. The SMILES string of the molecule is N[n+]1c(CCCc2ccccc2C(=O)C(=O)c2ccccc2)ccc2ccccc21. The predicted molar refractivity (Wildman–Crippen MR) is 118 cm³/mol. The van der Waals surface area contributed by atoms with E-state index in [9.17, 15) is 9.59 Å². The number of rotatable bonds is 7. The Morgan fingerprint density at radius 3 is 2.23 bits per heavy atom. The average molecular weight is 395 g/mol. The highest BCUT2D eigenvalue weighted by Gasteiger charge is 2.21. The molecule has 4 nitrogen and oxygen atoms in total. The molecule has 0 spiro atoms. The minimum absolute atomic E-state index is 0.414. The number of Topliss-reactive ketones (excluding diaryl/α,β-unsaturated/α-hetero) is 2. The number of aromatic nitrogens is 1. The van der Waals surface area contributed by atoms with E-state index in [1.807, 2.05) is 48.5 Å². The minimum Gasteiger partial charge on any atom is -0.285 e. The number of para-hydroxylation sites is 1. The van der Waals surface area contributed by atoms with Crippen LogP contribution >= 0.6 is 0 Å². The van der Waals surface area contributed by atoms with Gasteiger partial charge in [-0.2, -0.15) is 0 Å². The van der Waals surface area contributed by atoms with Gasteiger partial charge < -0.3 is 0 Å². The number of fused-ring (bicyclic) bond motifs is 1. The van der Waals surface area contributed by atoms with E-state index < -0.39 is 11.6 Å². The van der Waals surface area contributed by atoms with Crippen LogP contribution in [0.4, 0.5) is 0 Å². The molecular weight excluding hydrogens is 372 g/mol. The third-order valence-electron chi connectivity index (χ3n) is 5.34. The summed E-state index contributed by atoms with van der Waals surface area (Å²) < 4.78 is 1.73. The molecule has 0 aliphatic rings. The summed E-state index contributed by atoms with van der Waals surface area (Å²) in [6.45, 7) is 0. The number of carbonyl (C=O) groups excluding carboxylic acids is 2. The Labute approximate surface area is 175 Å². The van der Waals surface area contributed by atoms with Crippen molar-refractivity contribution < 1.29 is 14.3 Å². The molecule has 30 heavy (non-hydrogen) atoms. The fourth-order valence-electron chi connectivity index (χ4n) is 3.74. The van der Waals surface area contributed by atoms with Crippen molar-refractivity contribution in [2.24, 2.45) is 0 Å². The lowest BCUT2D eigenvalue weighted by Crippen LogP contribution is -2.48. The van der Waals surface area contributed by atoms with Gasteiger partial charge in [-0.05, 0) is 30.5 Å². The first-order valence-electron chi connectivity index (χ1n) is 10.0. The molecule has 1 heterocycles. The highest BCUT2D eigenvalue weighted by atomic mass is 16.2. The van der Waals surface area contributed by atoms with Crippen LogP contribution < -0.4 is 10.5 Å². The molecular formula is C26H23N2O2+. The van der Waals surface area contributed by atoms with E-state index in [4.69, 9.17) is 5.84 Å². The van der Waals surface area contributed by atoms with Gasteiger partial charge in [0.2, 0.25) is 22.8 Å². The maximum Gasteiger partial charge on any atom is 0.242 e. The molecule has 0 unspecified atom stereocenters. The van der Waals surface area contributed by atoms with Crippen LogP contribution in [-0.4, -0.2) is 11.6 Å². The number of carbonyl (C=O) groups is 2. The molecule has 0 bridgehead atoms. The van der Waals surface area contributed by atoms with Crippen LogP contribution in [0.1, 0.15) is 38.4 Å². The molecule has 0 amide bonds. The van der Waals surface area contributed by atoms with E-state index >= 15 is 0 Å². The lowest BCUT2D eigenvalue weighted by atomic mass is 9.94. The quantitative estimate of drug-likeness (QED) is 0.222. The summed E-state index contributed by atoms with van der Waals surface area (Å²) in [6.07, 6.45) is 2.28. The minimum atomic E-state index is -0.475. The van der Waals surface area contributed by atoms with Crippen molar-refractivity contribution in [2.45, 2.75) is 19.3 Å². The lowest BCUT2D eigenvalue weighted by Gasteiger charge is -2.08. The average Bonchev–Trinajstić information content (AvgIpc) is 2.80. The topological polar surface area (TPSA) is 64.0 Å². The second-order valence-corrected chi connectivity index (χ2v) is 7.29. The summed E-state index contributed by atoms with van der Waals surface area (Å²) in [7, 11) is 0. The zero-order chi connectivity index (χ0) is 20.9. The van der Waals surface area contributed by atoms with Gasteiger partial charge in [0.25, 0.3) is 0 Å². The Morgan fingerprint density at radius 1 is 0.700 bits per heavy atom. The number of nitrogens with two attached hydrogens (primary N) is 1. The van der Waals surface area contributed by atoms with E-state index in [-0.39, 0.29) is 0 Å². The summed E-state index contributed by atoms with van der Waals surface area (Å²) >= 11 is 0. The number of ketones is 2. The number of nitrogens with zero attached hydrogens (tertiary/aromatic N) is 1. The van der Waals surface area contributed by atoms with Crippen LogP contribution in [0.25, 0.3) is 10.9 Å². The molecule has 4 aromatic rings. The van der Waals surface area contributed by atoms with Crippen molar-refractivity contribution in [1.29, 1.82) is 0 Å². The second kappa shape index (κ2) is 8.70. The van der Waals surface area contributed by atoms with Gasteiger partial charge in [-0.3, -0.25) is 9.59 Å². The first-order valence-corrected chi connectivity index (χ1v) is 10.0. The third-order valence-corrected chi connectivity index (χ3v) is 5.34. The summed E-state index contributed by atoms with van der Waals surface area (Å²) in [4.78, 5) is 25.4. The first kappa shape index (κ1) is 19.5. The van der Waals surface area contributed by atoms with Gasteiger partial charge in [0, 0.05) is 35.1 Å². The summed E-state index contributed by atoms with van der Waals surface area (Å²) in [5, 5.41) is 1.10. The van der Waals surface area contributed by atoms with Crippen molar-refractivity contribution >= 4 is 22.5 Å². The van der Waals surface area contributed by atoms with Crippen LogP contribution in [0.15, 0.2) is 91.0 Å². The third kappa shape index (κ3) is 3.98. The van der Waals surface area contributed by atoms with Gasteiger partial charge in [-0.15, -0.1) is 0 Å². The van der Waals surface area contributed by atoms with Crippen LogP contribution in [0.2, 0.25) is 0 Å². The highest BCUT2D eigenvalue weighted by molar-refractivity contribution is 6.49. The van der Waals surface area contributed by atoms with E-state index in [1.165, 1.54) is 0 Å². The Hall–Kier alpha value is -3.79. The Bertz CT molecular complexity index is 1220. The number of hydrogen-bond donors (Lipinski definition) is 1. The van der Waals surface area contributed by atoms with E-state index in [0.29, 0.717) is 17.5 Å². The molecule has 4 heteroatoms. The largest absolute Gasteiger partial charge is 0.285 e. The fraction of sp³-hybridized carbons (Fsp3) is 0.115. The lowest BCUT2D eigenvalue weighted by molar-refractivity contribution is -0.619. The van der Waals surface area contributed by atoms with Crippen molar-refractivity contribution in [3.8, 4) is 0 Å². The van der Waals surface area contributed by atoms with Crippen molar-refractivity contribution in [3.05, 3.63) is 113 Å². The van der Waals surface area contributed by atoms with Gasteiger partial charge in [-0.1, -0.05) is 71.4 Å². The molecule has 0 fully saturated rings. The maximum atomic E-state index is 12.8. The molecule has 4 rings (SSSR count). The Balaban J connectivity index is 1.49. The molecule has 1 aromatic heterocycles. The zero-order valence-corrected chi connectivity index (χ0v) is 16.6. The maximum absolute atomic E-state index is 12.8. The molecule has 0 saturated carbocycles. The number of nitrogen functional groups attached to an aromatic ring is 1. The standard InChI is InChI=1S/C26H23N2O2/c27-28-22(18-17-20-10-5-7-16-24(20)28)14-8-13-19-9-4-6-15-23(19)26(30)25(29)21-11-2-1-3-12-21/h1-7,9-12,15-18H,8,13-14,27H2/q+1. The van der Waals surface area contributed by atoms with Crippen LogP contribution in [0.3, 0.4) is 0 Å². The number of hydrogen-bond acceptors (Lipinski definition) is 3. The molecule has 0 aliphatic heterocycles. The second-order valence-electron chi connectivity index (χ2n) is 7.29. The van der Waals surface area contributed by atoms with Gasteiger partial charge in [0.1, 0.15) is 0 Å². The van der Waals surface area contributed by atoms with Crippen molar-refractivity contribution in [3.63, 3.8) is 0 Å². The van der Waals surface area contributed by atoms with Gasteiger partial charge in [-0.25, -0.2) is 5.84 Å². The monoisotopic (exact) mass is 395 g/mol. The molecule has 3 aromatic carbocycles. The summed E-state index contributed by atoms with van der Waals surface area (Å²) in [5.41, 5.74) is 3.79. The Kier molecular flexibility index (Phi) is 5.66. The summed E-state index contributed by atoms with van der Waals surface area (Å²) in [6, 6.07) is 28.2. The predicted octanol–water partition coefficient (Wildman–Crippen LogP) is 4.08. The molecule has 0 aliphatic carbocycles. The van der Waals surface area contributed by atoms with Gasteiger partial charge in [0.15, 0.2) is 0 Å².